The molecule has 1 aliphatic rings. The van der Waals surface area contributed by atoms with E-state index in [4.69, 9.17) is 11.6 Å². The number of hydrogen-bond donors (Lipinski definition) is 0. The summed E-state index contributed by atoms with van der Waals surface area (Å²) in [5.74, 6) is 1.51. The molecule has 0 unspecified atom stereocenters. The molecule has 0 atom stereocenters. The van der Waals surface area contributed by atoms with E-state index in [1.165, 1.54) is 18.4 Å². The van der Waals surface area contributed by atoms with Gasteiger partial charge in [0.25, 0.3) is 0 Å². The molecule has 1 aliphatic carbocycles. The van der Waals surface area contributed by atoms with Crippen molar-refractivity contribution < 1.29 is 0 Å². The van der Waals surface area contributed by atoms with Gasteiger partial charge in [-0.05, 0) is 36.8 Å². The minimum absolute atomic E-state index is 0.517. The zero-order valence-electron chi connectivity index (χ0n) is 10.4. The highest BCUT2D eigenvalue weighted by Crippen LogP contribution is 2.40. The molecule has 0 radical (unpaired) electrons. The summed E-state index contributed by atoms with van der Waals surface area (Å²) >= 11 is 6.02. The molecule has 0 spiro atoms. The molecule has 0 aliphatic heterocycles. The van der Waals surface area contributed by atoms with Crippen LogP contribution in [0, 0.1) is 0 Å². The number of halogens is 1. The number of rotatable bonds is 3. The predicted octanol–water partition coefficient (Wildman–Crippen LogP) is 4.24. The van der Waals surface area contributed by atoms with Crippen molar-refractivity contribution >= 4 is 11.6 Å². The lowest BCUT2D eigenvalue weighted by atomic mass is 10.1. The van der Waals surface area contributed by atoms with Gasteiger partial charge in [0.15, 0.2) is 5.82 Å². The molecule has 2 aromatic rings. The molecule has 0 amide bonds. The van der Waals surface area contributed by atoms with Crippen molar-refractivity contribution in [2.45, 2.75) is 32.1 Å². The van der Waals surface area contributed by atoms with E-state index >= 15 is 0 Å². The highest BCUT2D eigenvalue weighted by molar-refractivity contribution is 6.29. The van der Waals surface area contributed by atoms with Crippen LogP contribution >= 0.6 is 11.6 Å². The summed E-state index contributed by atoms with van der Waals surface area (Å²) in [5, 5.41) is 0.517. The first kappa shape index (κ1) is 11.7. The van der Waals surface area contributed by atoms with Crippen molar-refractivity contribution in [1.29, 1.82) is 0 Å². The van der Waals surface area contributed by atoms with Crippen LogP contribution in [-0.4, -0.2) is 9.97 Å². The van der Waals surface area contributed by atoms with E-state index in [1.807, 2.05) is 6.07 Å². The van der Waals surface area contributed by atoms with Gasteiger partial charge in [0.05, 0.1) is 0 Å². The molecule has 1 heterocycles. The van der Waals surface area contributed by atoms with Crippen LogP contribution in [0.3, 0.4) is 0 Å². The third-order valence-electron chi connectivity index (χ3n) is 3.33. The average molecular weight is 259 g/mol. The summed E-state index contributed by atoms with van der Waals surface area (Å²) in [6, 6.07) is 10.4. The van der Waals surface area contributed by atoms with Crippen LogP contribution in [0.1, 0.15) is 36.9 Å². The van der Waals surface area contributed by atoms with Crippen LogP contribution in [0.5, 0.6) is 0 Å². The van der Waals surface area contributed by atoms with E-state index < -0.39 is 0 Å². The largest absolute Gasteiger partial charge is 0.233 e. The fourth-order valence-corrected chi connectivity index (χ4v) is 2.30. The molecule has 2 nitrogen and oxygen atoms in total. The minimum Gasteiger partial charge on any atom is -0.233 e. The summed E-state index contributed by atoms with van der Waals surface area (Å²) in [7, 11) is 0. The maximum Gasteiger partial charge on any atom is 0.161 e. The van der Waals surface area contributed by atoms with E-state index in [2.05, 4.69) is 41.2 Å². The zero-order chi connectivity index (χ0) is 12.5. The first-order valence-electron chi connectivity index (χ1n) is 6.40. The fraction of sp³-hybridized carbons (Fsp3) is 0.333. The lowest BCUT2D eigenvalue weighted by Gasteiger charge is -2.05. The van der Waals surface area contributed by atoms with Gasteiger partial charge < -0.3 is 0 Å². The summed E-state index contributed by atoms with van der Waals surface area (Å²) in [6.07, 6.45) is 3.52. The third-order valence-corrected chi connectivity index (χ3v) is 3.52. The highest BCUT2D eigenvalue weighted by atomic mass is 35.5. The standard InChI is InChI=1S/C15H15ClN2/c1-2-13-9-14(16)18-15(17-13)12-7-5-11(6-8-12)10-3-4-10/h5-10H,2-4H2,1H3. The zero-order valence-corrected chi connectivity index (χ0v) is 11.1. The second kappa shape index (κ2) is 4.69. The number of aryl methyl sites for hydroxylation is 1. The van der Waals surface area contributed by atoms with Crippen molar-refractivity contribution in [2.75, 3.05) is 0 Å². The van der Waals surface area contributed by atoms with Gasteiger partial charge >= 0.3 is 0 Å². The van der Waals surface area contributed by atoms with E-state index in [0.29, 0.717) is 5.15 Å². The summed E-state index contributed by atoms with van der Waals surface area (Å²) in [6.45, 7) is 2.07. The van der Waals surface area contributed by atoms with E-state index in [-0.39, 0.29) is 0 Å². The molecule has 1 aromatic heterocycles. The van der Waals surface area contributed by atoms with Crippen LogP contribution in [0.15, 0.2) is 30.3 Å². The Morgan fingerprint density at radius 2 is 1.89 bits per heavy atom. The Morgan fingerprint density at radius 1 is 1.17 bits per heavy atom. The van der Waals surface area contributed by atoms with Gasteiger partial charge in [0.2, 0.25) is 0 Å². The smallest absolute Gasteiger partial charge is 0.161 e. The molecule has 1 aromatic carbocycles. The SMILES string of the molecule is CCc1cc(Cl)nc(-c2ccc(C3CC3)cc2)n1. The molecule has 1 saturated carbocycles. The molecular formula is C15H15ClN2. The van der Waals surface area contributed by atoms with Crippen molar-refractivity contribution in [3.63, 3.8) is 0 Å². The number of hydrogen-bond acceptors (Lipinski definition) is 2. The van der Waals surface area contributed by atoms with Crippen molar-refractivity contribution in [1.82, 2.24) is 9.97 Å². The predicted molar refractivity (Wildman–Crippen MR) is 73.8 cm³/mol. The first-order valence-corrected chi connectivity index (χ1v) is 6.78. The number of nitrogens with zero attached hydrogens (tertiary/aromatic N) is 2. The second-order valence-electron chi connectivity index (χ2n) is 4.76. The van der Waals surface area contributed by atoms with E-state index in [1.54, 1.807) is 0 Å². The van der Waals surface area contributed by atoms with Crippen molar-refractivity contribution in [3.05, 3.63) is 46.7 Å². The van der Waals surface area contributed by atoms with Gasteiger partial charge in [-0.2, -0.15) is 0 Å². The van der Waals surface area contributed by atoms with Crippen molar-refractivity contribution in [3.8, 4) is 11.4 Å². The molecule has 3 heteroatoms. The molecule has 0 N–H and O–H groups in total. The van der Waals surface area contributed by atoms with Crippen LogP contribution in [0.4, 0.5) is 0 Å². The summed E-state index contributed by atoms with van der Waals surface area (Å²) in [4.78, 5) is 8.81. The Labute approximate surface area is 112 Å². The minimum atomic E-state index is 0.517. The molecular weight excluding hydrogens is 244 g/mol. The van der Waals surface area contributed by atoms with Crippen LogP contribution in [-0.2, 0) is 6.42 Å². The molecule has 1 fully saturated rings. The summed E-state index contributed by atoms with van der Waals surface area (Å²) in [5.41, 5.74) is 3.45. The Hall–Kier alpha value is -1.41. The van der Waals surface area contributed by atoms with Gasteiger partial charge in [0.1, 0.15) is 5.15 Å². The van der Waals surface area contributed by atoms with Gasteiger partial charge in [-0.25, -0.2) is 9.97 Å². The second-order valence-corrected chi connectivity index (χ2v) is 5.14. The Morgan fingerprint density at radius 3 is 2.50 bits per heavy atom. The normalized spacial score (nSPS) is 14.8. The third kappa shape index (κ3) is 2.39. The quantitative estimate of drug-likeness (QED) is 0.770. The molecule has 0 saturated heterocycles. The topological polar surface area (TPSA) is 25.8 Å². The van der Waals surface area contributed by atoms with Crippen LogP contribution in [0.25, 0.3) is 11.4 Å². The lowest BCUT2D eigenvalue weighted by Crippen LogP contribution is -1.95. The Kier molecular flexibility index (Phi) is 3.04. The fourth-order valence-electron chi connectivity index (χ4n) is 2.10. The Balaban J connectivity index is 1.95. The van der Waals surface area contributed by atoms with E-state index in [0.717, 1.165) is 29.4 Å². The Bertz CT molecular complexity index is 559. The van der Waals surface area contributed by atoms with Gasteiger partial charge in [-0.1, -0.05) is 42.8 Å². The molecule has 3 rings (SSSR count). The van der Waals surface area contributed by atoms with Crippen LogP contribution in [0.2, 0.25) is 5.15 Å². The van der Waals surface area contributed by atoms with Gasteiger partial charge in [0, 0.05) is 11.3 Å². The molecule has 18 heavy (non-hydrogen) atoms. The monoisotopic (exact) mass is 258 g/mol. The van der Waals surface area contributed by atoms with E-state index in [9.17, 15) is 0 Å². The first-order chi connectivity index (χ1) is 8.76. The molecule has 92 valence electrons. The summed E-state index contributed by atoms with van der Waals surface area (Å²) < 4.78 is 0. The number of benzene rings is 1. The molecule has 0 bridgehead atoms. The lowest BCUT2D eigenvalue weighted by molar-refractivity contribution is 1.00. The average Bonchev–Trinajstić information content (AvgIpc) is 3.22. The van der Waals surface area contributed by atoms with Crippen molar-refractivity contribution in [2.24, 2.45) is 0 Å². The number of aromatic nitrogens is 2. The van der Waals surface area contributed by atoms with Gasteiger partial charge in [-0.15, -0.1) is 0 Å². The maximum absolute atomic E-state index is 6.02. The highest BCUT2D eigenvalue weighted by Gasteiger charge is 2.23. The van der Waals surface area contributed by atoms with Crippen LogP contribution < -0.4 is 0 Å². The maximum atomic E-state index is 6.02. The van der Waals surface area contributed by atoms with Gasteiger partial charge in [-0.3, -0.25) is 0 Å².